The van der Waals surface area contributed by atoms with Crippen LogP contribution in [0.15, 0.2) is 72.8 Å². The Morgan fingerprint density at radius 3 is 2.18 bits per heavy atom. The molecule has 1 fully saturated rings. The monoisotopic (exact) mass is 459 g/mol. The van der Waals surface area contributed by atoms with Crippen LogP contribution >= 0.6 is 0 Å². The SMILES string of the molecule is CCC(C(=O)Nc1c(C)cccc1C)[N+]1(Cc2ccccc2F)CCC(c2ccccc2)CC1. The quantitative estimate of drug-likeness (QED) is 0.389. The molecule has 1 heterocycles. The number of aryl methyl sites for hydroxylation is 2. The van der Waals surface area contributed by atoms with E-state index in [2.05, 4.69) is 42.6 Å². The largest absolute Gasteiger partial charge is 0.320 e. The Kier molecular flexibility index (Phi) is 7.47. The molecule has 34 heavy (non-hydrogen) atoms. The molecular formula is C30H36FN2O+. The van der Waals surface area contributed by atoms with E-state index < -0.39 is 0 Å². The summed E-state index contributed by atoms with van der Waals surface area (Å²) in [5.41, 5.74) is 5.07. The van der Waals surface area contributed by atoms with Gasteiger partial charge in [0.2, 0.25) is 0 Å². The van der Waals surface area contributed by atoms with E-state index in [0.29, 0.717) is 28.9 Å². The Bertz CT molecular complexity index is 1100. The number of hydrogen-bond acceptors (Lipinski definition) is 1. The van der Waals surface area contributed by atoms with Crippen LogP contribution in [0.4, 0.5) is 10.1 Å². The van der Waals surface area contributed by atoms with Crippen molar-refractivity contribution in [3.8, 4) is 0 Å². The highest BCUT2D eigenvalue weighted by molar-refractivity contribution is 5.95. The summed E-state index contributed by atoms with van der Waals surface area (Å²) in [6.07, 6.45) is 2.69. The molecule has 0 aromatic heterocycles. The second-order valence-electron chi connectivity index (χ2n) is 9.78. The zero-order chi connectivity index (χ0) is 24.1. The van der Waals surface area contributed by atoms with Crippen molar-refractivity contribution < 1.29 is 13.7 Å². The molecule has 3 aromatic rings. The average Bonchev–Trinajstić information content (AvgIpc) is 2.84. The Morgan fingerprint density at radius 1 is 0.941 bits per heavy atom. The Balaban J connectivity index is 1.64. The summed E-state index contributed by atoms with van der Waals surface area (Å²) in [5, 5.41) is 3.25. The molecule has 0 spiro atoms. The van der Waals surface area contributed by atoms with Gasteiger partial charge in [-0.25, -0.2) is 4.39 Å². The zero-order valence-corrected chi connectivity index (χ0v) is 20.6. The van der Waals surface area contributed by atoms with Crippen molar-refractivity contribution in [1.82, 2.24) is 0 Å². The van der Waals surface area contributed by atoms with E-state index in [0.717, 1.165) is 42.7 Å². The van der Waals surface area contributed by atoms with E-state index in [4.69, 9.17) is 0 Å². The molecule has 3 aromatic carbocycles. The maximum absolute atomic E-state index is 14.8. The molecule has 0 aliphatic carbocycles. The molecule has 1 saturated heterocycles. The van der Waals surface area contributed by atoms with Crippen LogP contribution in [0.1, 0.15) is 54.4 Å². The number of halogens is 1. The number of benzene rings is 3. The van der Waals surface area contributed by atoms with Crippen molar-refractivity contribution >= 4 is 11.6 Å². The molecule has 178 valence electrons. The number of hydrogen-bond donors (Lipinski definition) is 1. The van der Waals surface area contributed by atoms with Crippen molar-refractivity contribution in [3.63, 3.8) is 0 Å². The number of piperidine rings is 1. The fourth-order valence-electron chi connectivity index (χ4n) is 5.73. The van der Waals surface area contributed by atoms with Gasteiger partial charge in [0, 0.05) is 30.5 Å². The fourth-order valence-corrected chi connectivity index (χ4v) is 5.73. The smallest absolute Gasteiger partial charge is 0.282 e. The predicted molar refractivity (Wildman–Crippen MR) is 137 cm³/mol. The minimum atomic E-state index is -0.240. The minimum Gasteiger partial charge on any atom is -0.320 e. The van der Waals surface area contributed by atoms with Gasteiger partial charge < -0.3 is 9.80 Å². The number of quaternary nitrogens is 1. The maximum Gasteiger partial charge on any atom is 0.282 e. The third-order valence-electron chi connectivity index (χ3n) is 7.64. The predicted octanol–water partition coefficient (Wildman–Crippen LogP) is 6.75. The zero-order valence-electron chi connectivity index (χ0n) is 20.6. The van der Waals surface area contributed by atoms with E-state index >= 15 is 0 Å². The van der Waals surface area contributed by atoms with Gasteiger partial charge in [-0.3, -0.25) is 4.79 Å². The molecule has 4 rings (SSSR count). The van der Waals surface area contributed by atoms with Crippen LogP contribution in [0.5, 0.6) is 0 Å². The average molecular weight is 460 g/mol. The molecule has 3 nitrogen and oxygen atoms in total. The summed E-state index contributed by atoms with van der Waals surface area (Å²) in [6.45, 7) is 8.38. The van der Waals surface area contributed by atoms with Crippen LogP contribution in [-0.2, 0) is 11.3 Å². The van der Waals surface area contributed by atoms with Crippen LogP contribution in [0.2, 0.25) is 0 Å². The highest BCUT2D eigenvalue weighted by Gasteiger charge is 2.44. The van der Waals surface area contributed by atoms with Crippen LogP contribution in [0.25, 0.3) is 0 Å². The maximum atomic E-state index is 14.8. The Labute approximate surface area is 203 Å². The van der Waals surface area contributed by atoms with E-state index in [9.17, 15) is 9.18 Å². The minimum absolute atomic E-state index is 0.0365. The Morgan fingerprint density at radius 2 is 1.56 bits per heavy atom. The highest BCUT2D eigenvalue weighted by atomic mass is 19.1. The van der Waals surface area contributed by atoms with Gasteiger partial charge in [0.1, 0.15) is 12.4 Å². The number of rotatable bonds is 7. The first-order chi connectivity index (χ1) is 16.4. The first-order valence-corrected chi connectivity index (χ1v) is 12.4. The van der Waals surface area contributed by atoms with Gasteiger partial charge in [-0.05, 0) is 42.5 Å². The topological polar surface area (TPSA) is 29.1 Å². The second kappa shape index (κ2) is 10.5. The first-order valence-electron chi connectivity index (χ1n) is 12.4. The van der Waals surface area contributed by atoms with Crippen molar-refractivity contribution in [2.45, 2.75) is 58.5 Å². The van der Waals surface area contributed by atoms with E-state index in [1.54, 1.807) is 6.07 Å². The first kappa shape index (κ1) is 24.2. The van der Waals surface area contributed by atoms with Gasteiger partial charge in [-0.2, -0.15) is 0 Å². The molecule has 1 aliphatic rings. The van der Waals surface area contributed by atoms with Crippen LogP contribution in [0.3, 0.4) is 0 Å². The fraction of sp³-hybridized carbons (Fsp3) is 0.367. The van der Waals surface area contributed by atoms with Gasteiger partial charge in [0.05, 0.1) is 13.1 Å². The number of amides is 1. The lowest BCUT2D eigenvalue weighted by molar-refractivity contribution is -0.959. The summed E-state index contributed by atoms with van der Waals surface area (Å²) in [4.78, 5) is 13.8. The standard InChI is InChI=1S/C30H35FN2O/c1-4-28(30(34)32-29-22(2)11-10-12-23(29)3)33(21-26-15-8-9-16-27(26)31)19-17-25(18-20-33)24-13-6-5-7-14-24/h5-16,25,28H,4,17-21H2,1-3H3/p+1. The molecule has 1 amide bonds. The molecule has 0 radical (unpaired) electrons. The molecule has 1 N–H and O–H groups in total. The van der Waals surface area contributed by atoms with Gasteiger partial charge >= 0.3 is 0 Å². The van der Waals surface area contributed by atoms with Gasteiger partial charge in [0.15, 0.2) is 6.04 Å². The number of carbonyl (C=O) groups is 1. The molecule has 0 saturated carbocycles. The van der Waals surface area contributed by atoms with E-state index in [-0.39, 0.29) is 17.8 Å². The normalized spacial score (nSPS) is 21.1. The third-order valence-corrected chi connectivity index (χ3v) is 7.64. The van der Waals surface area contributed by atoms with Gasteiger partial charge in [0.25, 0.3) is 5.91 Å². The summed E-state index contributed by atoms with van der Waals surface area (Å²) < 4.78 is 15.4. The summed E-state index contributed by atoms with van der Waals surface area (Å²) in [6, 6.07) is 23.5. The van der Waals surface area contributed by atoms with Crippen molar-refractivity contribution in [2.75, 3.05) is 18.4 Å². The molecule has 1 aliphatic heterocycles. The number of anilines is 1. The molecule has 1 unspecified atom stereocenters. The van der Waals surface area contributed by atoms with Crippen LogP contribution in [-0.4, -0.2) is 29.5 Å². The van der Waals surface area contributed by atoms with E-state index in [1.807, 2.05) is 44.2 Å². The van der Waals surface area contributed by atoms with Crippen LogP contribution in [0, 0.1) is 19.7 Å². The number of carbonyl (C=O) groups excluding carboxylic acids is 1. The number of para-hydroxylation sites is 1. The summed E-state index contributed by atoms with van der Waals surface area (Å²) in [7, 11) is 0. The molecule has 0 bridgehead atoms. The molecular weight excluding hydrogens is 423 g/mol. The lowest BCUT2D eigenvalue weighted by atomic mass is 9.86. The summed E-state index contributed by atoms with van der Waals surface area (Å²) in [5.74, 6) is 0.330. The highest BCUT2D eigenvalue weighted by Crippen LogP contribution is 2.36. The summed E-state index contributed by atoms with van der Waals surface area (Å²) >= 11 is 0. The number of nitrogens with zero attached hydrogens (tertiary/aromatic N) is 1. The van der Waals surface area contributed by atoms with Gasteiger partial charge in [-0.15, -0.1) is 0 Å². The van der Waals surface area contributed by atoms with Crippen molar-refractivity contribution in [3.05, 3.63) is 101 Å². The number of likely N-dealkylation sites (tertiary alicyclic amines) is 1. The van der Waals surface area contributed by atoms with Crippen LogP contribution < -0.4 is 5.32 Å². The Hall–Kier alpha value is -2.98. The molecule has 1 atom stereocenters. The lowest BCUT2D eigenvalue weighted by Crippen LogP contribution is -2.62. The second-order valence-corrected chi connectivity index (χ2v) is 9.78. The van der Waals surface area contributed by atoms with Crippen molar-refractivity contribution in [1.29, 1.82) is 0 Å². The molecule has 4 heteroatoms. The van der Waals surface area contributed by atoms with Gasteiger partial charge in [-0.1, -0.05) is 73.7 Å². The number of nitrogens with one attached hydrogen (secondary N) is 1. The van der Waals surface area contributed by atoms with E-state index in [1.165, 1.54) is 11.6 Å². The van der Waals surface area contributed by atoms with Crippen molar-refractivity contribution in [2.24, 2.45) is 0 Å². The lowest BCUT2D eigenvalue weighted by Gasteiger charge is -2.48. The third kappa shape index (κ3) is 5.07.